The molecule has 0 heterocycles. The summed E-state index contributed by atoms with van der Waals surface area (Å²) >= 11 is 0. The summed E-state index contributed by atoms with van der Waals surface area (Å²) in [6.07, 6.45) is 10.8. The smallest absolute Gasteiger partial charge is 0.140 e. The van der Waals surface area contributed by atoms with Crippen molar-refractivity contribution in [2.75, 3.05) is 0 Å². The van der Waals surface area contributed by atoms with Crippen molar-refractivity contribution in [1.29, 1.82) is 0 Å². The number of hydrogen-bond donors (Lipinski definition) is 0. The highest BCUT2D eigenvalue weighted by Crippen LogP contribution is 2.45. The van der Waals surface area contributed by atoms with Crippen molar-refractivity contribution in [2.24, 2.45) is 23.7 Å². The number of carbonyl (C=O) groups is 1. The van der Waals surface area contributed by atoms with Gasteiger partial charge < -0.3 is 0 Å². The van der Waals surface area contributed by atoms with Crippen molar-refractivity contribution in [3.63, 3.8) is 0 Å². The van der Waals surface area contributed by atoms with Gasteiger partial charge in [-0.1, -0.05) is 18.6 Å². The van der Waals surface area contributed by atoms with Gasteiger partial charge in [-0.15, -0.1) is 0 Å². The van der Waals surface area contributed by atoms with Crippen LogP contribution in [0.25, 0.3) is 0 Å². The van der Waals surface area contributed by atoms with E-state index in [4.69, 9.17) is 0 Å². The lowest BCUT2D eigenvalue weighted by Gasteiger charge is -2.27. The van der Waals surface area contributed by atoms with Crippen LogP contribution in [0.3, 0.4) is 0 Å². The number of ketones is 1. The van der Waals surface area contributed by atoms with Gasteiger partial charge in [-0.2, -0.15) is 0 Å². The number of hydrogen-bond acceptors (Lipinski definition) is 1. The van der Waals surface area contributed by atoms with Crippen LogP contribution in [0.5, 0.6) is 0 Å². The molecule has 4 atom stereocenters. The van der Waals surface area contributed by atoms with E-state index in [1.54, 1.807) is 0 Å². The highest BCUT2D eigenvalue weighted by Gasteiger charge is 2.43. The zero-order chi connectivity index (χ0) is 8.84. The topological polar surface area (TPSA) is 17.1 Å². The summed E-state index contributed by atoms with van der Waals surface area (Å²) < 4.78 is 0. The minimum absolute atomic E-state index is 0.405. The minimum atomic E-state index is 0.405. The van der Waals surface area contributed by atoms with Crippen LogP contribution in [-0.4, -0.2) is 5.78 Å². The Morgan fingerprint density at radius 1 is 0.923 bits per heavy atom. The van der Waals surface area contributed by atoms with Gasteiger partial charge in [0.15, 0.2) is 0 Å². The van der Waals surface area contributed by atoms with Crippen LogP contribution in [0.2, 0.25) is 0 Å². The Morgan fingerprint density at radius 2 is 1.46 bits per heavy atom. The van der Waals surface area contributed by atoms with Crippen LogP contribution in [0, 0.1) is 23.7 Å². The van der Waals surface area contributed by atoms with Gasteiger partial charge in [-0.25, -0.2) is 0 Å². The normalized spacial score (nSPS) is 47.8. The number of rotatable bonds is 0. The zero-order valence-corrected chi connectivity index (χ0v) is 7.91. The molecular formula is C12H16O. The molecule has 2 unspecified atom stereocenters. The van der Waals surface area contributed by atoms with Gasteiger partial charge in [0.1, 0.15) is 5.78 Å². The van der Waals surface area contributed by atoms with Gasteiger partial charge in [0.2, 0.25) is 0 Å². The maximum Gasteiger partial charge on any atom is 0.140 e. The van der Waals surface area contributed by atoms with Gasteiger partial charge in [-0.3, -0.25) is 4.79 Å². The first-order valence-corrected chi connectivity index (χ1v) is 5.58. The molecule has 0 saturated heterocycles. The summed E-state index contributed by atoms with van der Waals surface area (Å²) in [4.78, 5) is 12.0. The standard InChI is InChI=1S/C12H16O/c13-12-10-2-1-3-11(12)9-6-4-8(10)5-7-9/h4,6,8-11H,1-3,5,7H2/t8-,9?,10+,11?/m1/s1. The molecule has 4 rings (SSSR count). The molecule has 0 aromatic carbocycles. The molecule has 70 valence electrons. The Labute approximate surface area is 79.2 Å². The van der Waals surface area contributed by atoms with Crippen LogP contribution in [0.1, 0.15) is 32.1 Å². The SMILES string of the molecule is O=C1C2CCC[C@H]1[C@@H]1C=CC2CC1. The van der Waals surface area contributed by atoms with E-state index in [1.807, 2.05) is 0 Å². The highest BCUT2D eigenvalue weighted by atomic mass is 16.1. The lowest BCUT2D eigenvalue weighted by molar-refractivity contribution is -0.130. The fourth-order valence-electron chi connectivity index (χ4n) is 3.50. The average molecular weight is 176 g/mol. The first kappa shape index (κ1) is 7.78. The minimum Gasteiger partial charge on any atom is -0.299 e. The molecule has 0 aromatic heterocycles. The van der Waals surface area contributed by atoms with Gasteiger partial charge in [0, 0.05) is 11.8 Å². The monoisotopic (exact) mass is 176 g/mol. The third-order valence-corrected chi connectivity index (χ3v) is 4.23. The quantitative estimate of drug-likeness (QED) is 0.518. The lowest BCUT2D eigenvalue weighted by Crippen LogP contribution is -2.31. The van der Waals surface area contributed by atoms with E-state index in [2.05, 4.69) is 12.2 Å². The zero-order valence-electron chi connectivity index (χ0n) is 7.91. The van der Waals surface area contributed by atoms with E-state index in [9.17, 15) is 4.79 Å². The van der Waals surface area contributed by atoms with E-state index in [1.165, 1.54) is 19.3 Å². The molecule has 2 fully saturated rings. The number of allylic oxidation sites excluding steroid dienone is 2. The number of Topliss-reactive ketones (excluding diaryl/α,β-unsaturated/α-hetero) is 1. The maximum absolute atomic E-state index is 12.0. The highest BCUT2D eigenvalue weighted by molar-refractivity contribution is 5.85. The van der Waals surface area contributed by atoms with Gasteiger partial charge >= 0.3 is 0 Å². The second kappa shape index (κ2) is 2.70. The van der Waals surface area contributed by atoms with Gasteiger partial charge in [0.25, 0.3) is 0 Å². The molecule has 4 aliphatic carbocycles. The van der Waals surface area contributed by atoms with Crippen molar-refractivity contribution >= 4 is 5.78 Å². The number of fused-ring (bicyclic) bond motifs is 1. The second-order valence-electron chi connectivity index (χ2n) is 4.84. The summed E-state index contributed by atoms with van der Waals surface area (Å²) in [6.45, 7) is 0. The lowest BCUT2D eigenvalue weighted by atomic mass is 9.75. The summed E-state index contributed by atoms with van der Waals surface area (Å²) in [5.74, 6) is 2.62. The fourth-order valence-corrected chi connectivity index (χ4v) is 3.50. The summed E-state index contributed by atoms with van der Waals surface area (Å²) in [7, 11) is 0. The average Bonchev–Trinajstić information content (AvgIpc) is 2.30. The second-order valence-corrected chi connectivity index (χ2v) is 4.84. The van der Waals surface area contributed by atoms with Crippen LogP contribution >= 0.6 is 0 Å². The molecule has 0 N–H and O–H groups in total. The van der Waals surface area contributed by atoms with Crippen molar-refractivity contribution in [3.05, 3.63) is 12.2 Å². The Morgan fingerprint density at radius 3 is 1.92 bits per heavy atom. The molecule has 0 amide bonds. The van der Waals surface area contributed by atoms with E-state index in [-0.39, 0.29) is 0 Å². The molecule has 0 aliphatic heterocycles. The third-order valence-electron chi connectivity index (χ3n) is 4.23. The first-order chi connectivity index (χ1) is 6.36. The van der Waals surface area contributed by atoms with Crippen LogP contribution in [0.15, 0.2) is 12.2 Å². The van der Waals surface area contributed by atoms with E-state index >= 15 is 0 Å². The van der Waals surface area contributed by atoms with Crippen molar-refractivity contribution in [3.8, 4) is 0 Å². The van der Waals surface area contributed by atoms with E-state index in [0.717, 1.165) is 12.8 Å². The summed E-state index contributed by atoms with van der Waals surface area (Å²) in [5.41, 5.74) is 0. The van der Waals surface area contributed by atoms with Crippen molar-refractivity contribution in [2.45, 2.75) is 32.1 Å². The first-order valence-electron chi connectivity index (χ1n) is 5.58. The Hall–Kier alpha value is -0.590. The predicted octanol–water partition coefficient (Wildman–Crippen LogP) is 2.57. The number of carbonyl (C=O) groups excluding carboxylic acids is 1. The van der Waals surface area contributed by atoms with Crippen LogP contribution in [-0.2, 0) is 4.79 Å². The molecule has 1 heteroatoms. The predicted molar refractivity (Wildman–Crippen MR) is 51.2 cm³/mol. The van der Waals surface area contributed by atoms with Crippen LogP contribution in [0.4, 0.5) is 0 Å². The third kappa shape index (κ3) is 1.02. The van der Waals surface area contributed by atoms with Gasteiger partial charge in [-0.05, 0) is 37.5 Å². The summed E-state index contributed by atoms with van der Waals surface area (Å²) in [6, 6.07) is 0. The van der Waals surface area contributed by atoms with E-state index < -0.39 is 0 Å². The molecule has 0 aromatic rings. The molecule has 13 heavy (non-hydrogen) atoms. The molecule has 0 spiro atoms. The fraction of sp³-hybridized carbons (Fsp3) is 0.750. The Balaban J connectivity index is 2.04. The molecular weight excluding hydrogens is 160 g/mol. The maximum atomic E-state index is 12.0. The molecule has 4 aliphatic rings. The molecule has 1 nitrogen and oxygen atoms in total. The summed E-state index contributed by atoms with van der Waals surface area (Å²) in [5, 5.41) is 0. The van der Waals surface area contributed by atoms with Crippen molar-refractivity contribution < 1.29 is 4.79 Å². The Bertz CT molecular complexity index is 242. The molecule has 2 saturated carbocycles. The van der Waals surface area contributed by atoms with Gasteiger partial charge in [0.05, 0.1) is 0 Å². The largest absolute Gasteiger partial charge is 0.299 e. The van der Waals surface area contributed by atoms with Crippen molar-refractivity contribution in [1.82, 2.24) is 0 Å². The molecule has 4 bridgehead atoms. The van der Waals surface area contributed by atoms with Crippen LogP contribution < -0.4 is 0 Å². The Kier molecular flexibility index (Phi) is 1.61. The van der Waals surface area contributed by atoms with E-state index in [0.29, 0.717) is 29.5 Å². The molecule has 0 radical (unpaired) electrons.